The van der Waals surface area contributed by atoms with Gasteiger partial charge in [0.15, 0.2) is 0 Å². The van der Waals surface area contributed by atoms with Gasteiger partial charge in [0, 0.05) is 0 Å². The van der Waals surface area contributed by atoms with Crippen molar-refractivity contribution < 1.29 is 19.3 Å². The fourth-order valence-corrected chi connectivity index (χ4v) is 0.876. The van der Waals surface area contributed by atoms with Crippen molar-refractivity contribution in [3.8, 4) is 5.75 Å². The molecule has 1 N–H and O–H groups in total. The molecule has 2 rings (SSSR count). The summed E-state index contributed by atoms with van der Waals surface area (Å²) in [6, 6.07) is -3.52. The number of hydrogen-bond acceptors (Lipinski definition) is 2. The van der Waals surface area contributed by atoms with Gasteiger partial charge in [-0.1, -0.05) is 30.2 Å². The van der Waals surface area contributed by atoms with Gasteiger partial charge in [0.25, 0.3) is 0 Å². The molecule has 2 aromatic carbocycles. The lowest BCUT2D eigenvalue weighted by Crippen LogP contribution is -1.99. The second-order valence-electron chi connectivity index (χ2n) is 2.18. The predicted molar refractivity (Wildman–Crippen MR) is 52.5 cm³/mol. The molecule has 0 heterocycles. The van der Waals surface area contributed by atoms with E-state index in [9.17, 15) is 0 Å². The fraction of sp³-hybridized carbons (Fsp3) is 0. The zero-order valence-corrected chi connectivity index (χ0v) is 6.43. The van der Waals surface area contributed by atoms with Gasteiger partial charge in [-0.2, -0.15) is 0 Å². The maximum absolute atomic E-state index is 8.63. The van der Waals surface area contributed by atoms with Crippen LogP contribution in [0.1, 0.15) is 9.60 Å². The maximum Gasteiger partial charge on any atom is 0.569 e. The van der Waals surface area contributed by atoms with Crippen LogP contribution >= 0.6 is 0 Å². The van der Waals surface area contributed by atoms with Crippen LogP contribution in [0.3, 0.4) is 0 Å². The van der Waals surface area contributed by atoms with Crippen molar-refractivity contribution >= 4 is 18.5 Å². The third-order valence-corrected chi connectivity index (χ3v) is 1.40. The van der Waals surface area contributed by atoms with Gasteiger partial charge in [0.05, 0.1) is 9.60 Å². The SMILES string of the molecule is [2H]c1c([2H])c([2H])c2c([2H])c(O[B]O)c([2H])c([2H])c2c1[2H]. The monoisotopic (exact) mass is 178 g/mol. The van der Waals surface area contributed by atoms with E-state index in [1.807, 2.05) is 0 Å². The molecule has 1 radical (unpaired) electrons. The zero-order chi connectivity index (χ0) is 15.2. The zero-order valence-electron chi connectivity index (χ0n) is 13.4. The average molecular weight is 178 g/mol. The quantitative estimate of drug-likeness (QED) is 0.709. The number of hydrogen-bond donors (Lipinski definition) is 1. The molecular weight excluding hydrogens is 163 g/mol. The van der Waals surface area contributed by atoms with Gasteiger partial charge in [-0.3, -0.25) is 0 Å². The molecule has 2 nitrogen and oxygen atoms in total. The van der Waals surface area contributed by atoms with Gasteiger partial charge < -0.3 is 9.68 Å². The van der Waals surface area contributed by atoms with E-state index in [-0.39, 0.29) is 18.5 Å². The molecule has 2 aromatic rings. The average Bonchev–Trinajstić information content (AvgIpc) is 2.42. The Morgan fingerprint density at radius 2 is 1.92 bits per heavy atom. The summed E-state index contributed by atoms with van der Waals surface area (Å²) >= 11 is 0. The van der Waals surface area contributed by atoms with E-state index in [4.69, 9.17) is 14.6 Å². The highest BCUT2D eigenvalue weighted by atomic mass is 16.5. The van der Waals surface area contributed by atoms with Crippen LogP contribution in [0.4, 0.5) is 0 Å². The van der Waals surface area contributed by atoms with Crippen LogP contribution in [0.15, 0.2) is 42.3 Å². The summed E-state index contributed by atoms with van der Waals surface area (Å²) in [6.07, 6.45) is 0. The summed E-state index contributed by atoms with van der Waals surface area (Å²) in [5.41, 5.74) is 0. The molecule has 3 heteroatoms. The summed E-state index contributed by atoms with van der Waals surface area (Å²) in [5, 5.41) is 8.20. The van der Waals surface area contributed by atoms with Crippen LogP contribution in [0.25, 0.3) is 10.8 Å². The minimum absolute atomic E-state index is 0.212. The van der Waals surface area contributed by atoms with Crippen LogP contribution in [-0.4, -0.2) is 12.7 Å². The molecule has 0 saturated heterocycles. The number of fused-ring (bicyclic) bond motifs is 1. The Morgan fingerprint density at radius 1 is 1.15 bits per heavy atom. The minimum Gasteiger partial charge on any atom is -0.537 e. The molecule has 0 aromatic heterocycles. The topological polar surface area (TPSA) is 29.5 Å². The Kier molecular flexibility index (Phi) is 0.901. The lowest BCUT2D eigenvalue weighted by molar-refractivity contribution is 0.454. The molecule has 0 bridgehead atoms. The van der Waals surface area contributed by atoms with Gasteiger partial charge in [0.1, 0.15) is 5.75 Å². The standard InChI is InChI=1S/C10H8BO2/c12-11-13-10-6-5-8-3-1-2-4-9(8)7-10/h1-7,12H/i1D,2D,3D,4D,5D,6D,7D. The highest BCUT2D eigenvalue weighted by Gasteiger charge is 1.96. The smallest absolute Gasteiger partial charge is 0.537 e. The molecule has 0 fully saturated rings. The summed E-state index contributed by atoms with van der Waals surface area (Å²) in [4.78, 5) is 0. The molecule has 0 atom stereocenters. The first-order valence-corrected chi connectivity index (χ1v) is 3.45. The molecule has 0 aliphatic carbocycles. The van der Waals surface area contributed by atoms with Gasteiger partial charge in [0.2, 0.25) is 0 Å². The molecule has 0 aliphatic heterocycles. The Bertz CT molecular complexity index is 719. The first-order valence-electron chi connectivity index (χ1n) is 6.95. The molecule has 0 saturated carbocycles. The van der Waals surface area contributed by atoms with Gasteiger partial charge in [-0.15, -0.1) is 0 Å². The van der Waals surface area contributed by atoms with Gasteiger partial charge in [-0.25, -0.2) is 0 Å². The second kappa shape index (κ2) is 3.50. The maximum atomic E-state index is 8.63. The van der Waals surface area contributed by atoms with Crippen molar-refractivity contribution in [2.24, 2.45) is 0 Å². The Balaban J connectivity index is 3.08. The second-order valence-corrected chi connectivity index (χ2v) is 2.18. The van der Waals surface area contributed by atoms with Crippen molar-refractivity contribution in [1.82, 2.24) is 0 Å². The summed E-state index contributed by atoms with van der Waals surface area (Å²) < 4.78 is 58.7. The third kappa shape index (κ3) is 1.65. The van der Waals surface area contributed by atoms with Crippen LogP contribution in [0.5, 0.6) is 5.75 Å². The summed E-state index contributed by atoms with van der Waals surface area (Å²) in [5.74, 6) is -0.435. The lowest BCUT2D eigenvalue weighted by atomic mass is 10.1. The summed E-state index contributed by atoms with van der Waals surface area (Å²) in [7, 11) is 0.252. The Hall–Kier alpha value is -1.48. The third-order valence-electron chi connectivity index (χ3n) is 1.40. The van der Waals surface area contributed by atoms with E-state index in [0.717, 1.165) is 0 Å². The highest BCUT2D eigenvalue weighted by Crippen LogP contribution is 2.19. The molecule has 0 amide bonds. The van der Waals surface area contributed by atoms with Crippen LogP contribution in [0.2, 0.25) is 0 Å². The van der Waals surface area contributed by atoms with Crippen molar-refractivity contribution in [1.29, 1.82) is 0 Å². The molecule has 0 aliphatic rings. The van der Waals surface area contributed by atoms with Gasteiger partial charge in [-0.05, 0) is 22.9 Å². The molecule has 63 valence electrons. The van der Waals surface area contributed by atoms with Crippen LogP contribution < -0.4 is 4.65 Å². The number of rotatable bonds is 2. The van der Waals surface area contributed by atoms with Crippen molar-refractivity contribution in [3.63, 3.8) is 0 Å². The number of benzene rings is 2. The van der Waals surface area contributed by atoms with E-state index in [1.165, 1.54) is 0 Å². The van der Waals surface area contributed by atoms with E-state index in [1.54, 1.807) is 0 Å². The van der Waals surface area contributed by atoms with Gasteiger partial charge >= 0.3 is 7.69 Å². The fourth-order valence-electron chi connectivity index (χ4n) is 0.876. The predicted octanol–water partition coefficient (Wildman–Crippen LogP) is 1.75. The Labute approximate surface area is 86.9 Å². The Morgan fingerprint density at radius 3 is 2.69 bits per heavy atom. The first-order chi connectivity index (χ1) is 9.32. The molecule has 0 unspecified atom stereocenters. The lowest BCUT2D eigenvalue weighted by Gasteiger charge is -2.02. The van der Waals surface area contributed by atoms with E-state index in [2.05, 4.69) is 4.65 Å². The normalized spacial score (nSPS) is 17.5. The first kappa shape index (κ1) is 3.35. The van der Waals surface area contributed by atoms with Crippen LogP contribution in [-0.2, 0) is 0 Å². The summed E-state index contributed by atoms with van der Waals surface area (Å²) in [6.45, 7) is 0. The van der Waals surface area contributed by atoms with Crippen LogP contribution in [0, 0.1) is 0 Å². The molecule has 13 heavy (non-hydrogen) atoms. The largest absolute Gasteiger partial charge is 0.569 e. The molecular formula is C10H8BO2. The van der Waals surface area contributed by atoms with Crippen molar-refractivity contribution in [3.05, 3.63) is 42.3 Å². The van der Waals surface area contributed by atoms with Crippen molar-refractivity contribution in [2.45, 2.75) is 0 Å². The highest BCUT2D eigenvalue weighted by molar-refractivity contribution is 6.17. The van der Waals surface area contributed by atoms with E-state index in [0.29, 0.717) is 0 Å². The van der Waals surface area contributed by atoms with E-state index < -0.39 is 48.0 Å². The minimum atomic E-state index is -0.535. The van der Waals surface area contributed by atoms with E-state index >= 15 is 0 Å². The molecule has 0 spiro atoms. The van der Waals surface area contributed by atoms with Crippen molar-refractivity contribution in [2.75, 3.05) is 0 Å².